The van der Waals surface area contributed by atoms with Gasteiger partial charge in [-0.25, -0.2) is 9.78 Å². The largest absolute Gasteiger partial charge is 0.444 e. The van der Waals surface area contributed by atoms with E-state index in [4.69, 9.17) is 10.00 Å². The molecule has 0 spiro atoms. The second-order valence-corrected chi connectivity index (χ2v) is 6.43. The van der Waals surface area contributed by atoms with E-state index in [1.807, 2.05) is 32.9 Å². The molecule has 0 aromatic carbocycles. The summed E-state index contributed by atoms with van der Waals surface area (Å²) < 4.78 is 5.41. The minimum Gasteiger partial charge on any atom is -0.444 e. The minimum atomic E-state index is -0.486. The lowest BCUT2D eigenvalue weighted by Gasteiger charge is -2.34. The molecule has 1 aliphatic rings. The van der Waals surface area contributed by atoms with Crippen molar-refractivity contribution in [3.8, 4) is 6.07 Å². The molecule has 1 N–H and O–H groups in total. The van der Waals surface area contributed by atoms with Crippen LogP contribution in [-0.4, -0.2) is 40.7 Å². The molecule has 1 saturated heterocycles. The van der Waals surface area contributed by atoms with Gasteiger partial charge < -0.3 is 15.0 Å². The van der Waals surface area contributed by atoms with Crippen LogP contribution >= 0.6 is 0 Å². The van der Waals surface area contributed by atoms with Crippen LogP contribution in [0, 0.1) is 11.3 Å². The molecule has 0 saturated carbocycles. The molecule has 6 heteroatoms. The van der Waals surface area contributed by atoms with Gasteiger partial charge in [-0.05, 0) is 45.7 Å². The van der Waals surface area contributed by atoms with Crippen LogP contribution in [0.25, 0.3) is 0 Å². The number of pyridine rings is 1. The number of likely N-dealkylation sites (tertiary alicyclic amines) is 1. The van der Waals surface area contributed by atoms with Gasteiger partial charge in [-0.3, -0.25) is 0 Å². The molecule has 1 unspecified atom stereocenters. The molecular formula is C16H22N4O2. The molecule has 0 aliphatic carbocycles. The average molecular weight is 302 g/mol. The standard InChI is InChI=1S/C16H22N4O2/c1-16(2,3)22-15(21)20-9-5-7-13(11-20)19-14-8-4-6-12(10-17)18-14/h4,6,8,13H,5,7,9,11H2,1-3H3,(H,18,19). The van der Waals surface area contributed by atoms with Crippen molar-refractivity contribution in [3.63, 3.8) is 0 Å². The fourth-order valence-corrected chi connectivity index (χ4v) is 2.37. The predicted molar refractivity (Wildman–Crippen MR) is 83.4 cm³/mol. The van der Waals surface area contributed by atoms with Gasteiger partial charge in [-0.1, -0.05) is 6.07 Å². The third-order valence-electron chi connectivity index (χ3n) is 3.29. The first-order valence-corrected chi connectivity index (χ1v) is 7.49. The molecule has 6 nitrogen and oxygen atoms in total. The van der Waals surface area contributed by atoms with Gasteiger partial charge in [0.15, 0.2) is 0 Å². The Kier molecular flexibility index (Phi) is 4.86. The number of nitriles is 1. The van der Waals surface area contributed by atoms with Gasteiger partial charge in [0.1, 0.15) is 23.2 Å². The number of hydrogen-bond acceptors (Lipinski definition) is 5. The van der Waals surface area contributed by atoms with Crippen molar-refractivity contribution in [2.24, 2.45) is 0 Å². The van der Waals surface area contributed by atoms with E-state index < -0.39 is 5.60 Å². The van der Waals surface area contributed by atoms with E-state index in [1.54, 1.807) is 17.0 Å². The second kappa shape index (κ2) is 6.65. The maximum absolute atomic E-state index is 12.1. The summed E-state index contributed by atoms with van der Waals surface area (Å²) in [6, 6.07) is 7.42. The van der Waals surface area contributed by atoms with Gasteiger partial charge in [0.25, 0.3) is 0 Å². The van der Waals surface area contributed by atoms with Crippen LogP contribution in [0.3, 0.4) is 0 Å². The van der Waals surface area contributed by atoms with Gasteiger partial charge in [0.2, 0.25) is 0 Å². The van der Waals surface area contributed by atoms with Crippen molar-refractivity contribution in [1.82, 2.24) is 9.88 Å². The summed E-state index contributed by atoms with van der Waals surface area (Å²) in [4.78, 5) is 18.1. The van der Waals surface area contributed by atoms with Gasteiger partial charge >= 0.3 is 6.09 Å². The number of aromatic nitrogens is 1. The molecule has 2 rings (SSSR count). The van der Waals surface area contributed by atoms with E-state index in [0.29, 0.717) is 24.6 Å². The number of carbonyl (C=O) groups excluding carboxylic acids is 1. The van der Waals surface area contributed by atoms with Crippen LogP contribution in [0.2, 0.25) is 0 Å². The number of ether oxygens (including phenoxy) is 1. The molecule has 0 radical (unpaired) electrons. The average Bonchev–Trinajstić information content (AvgIpc) is 2.46. The highest BCUT2D eigenvalue weighted by Gasteiger charge is 2.27. The van der Waals surface area contributed by atoms with Gasteiger partial charge in [-0.15, -0.1) is 0 Å². The second-order valence-electron chi connectivity index (χ2n) is 6.43. The lowest BCUT2D eigenvalue weighted by atomic mass is 10.1. The summed E-state index contributed by atoms with van der Waals surface area (Å²) in [7, 11) is 0. The molecule has 1 aliphatic heterocycles. The molecule has 22 heavy (non-hydrogen) atoms. The van der Waals surface area contributed by atoms with E-state index in [9.17, 15) is 4.79 Å². The van der Waals surface area contributed by atoms with Crippen LogP contribution in [0.15, 0.2) is 18.2 Å². The molecular weight excluding hydrogens is 280 g/mol. The van der Waals surface area contributed by atoms with Crippen LogP contribution in [-0.2, 0) is 4.74 Å². The fraction of sp³-hybridized carbons (Fsp3) is 0.562. The third-order valence-corrected chi connectivity index (χ3v) is 3.29. The van der Waals surface area contributed by atoms with Crippen LogP contribution in [0.4, 0.5) is 10.6 Å². The Hall–Kier alpha value is -2.29. The molecule has 1 amide bonds. The monoisotopic (exact) mass is 302 g/mol. The van der Waals surface area contributed by atoms with E-state index in [0.717, 1.165) is 12.8 Å². The van der Waals surface area contributed by atoms with Gasteiger partial charge in [0.05, 0.1) is 0 Å². The quantitative estimate of drug-likeness (QED) is 0.908. The Labute approximate surface area is 131 Å². The lowest BCUT2D eigenvalue weighted by Crippen LogP contribution is -2.47. The number of nitrogens with zero attached hydrogens (tertiary/aromatic N) is 3. The van der Waals surface area contributed by atoms with Crippen molar-refractivity contribution in [2.45, 2.75) is 45.3 Å². The minimum absolute atomic E-state index is 0.114. The van der Waals surface area contributed by atoms with Crippen LogP contribution < -0.4 is 5.32 Å². The zero-order valence-corrected chi connectivity index (χ0v) is 13.3. The maximum Gasteiger partial charge on any atom is 0.410 e. The Morgan fingerprint density at radius 2 is 2.27 bits per heavy atom. The summed E-state index contributed by atoms with van der Waals surface area (Å²) in [5.41, 5.74) is -0.107. The van der Waals surface area contributed by atoms with Crippen LogP contribution in [0.5, 0.6) is 0 Å². The lowest BCUT2D eigenvalue weighted by molar-refractivity contribution is 0.0206. The normalized spacial score (nSPS) is 18.5. The van der Waals surface area contributed by atoms with Crippen molar-refractivity contribution in [1.29, 1.82) is 5.26 Å². The molecule has 118 valence electrons. The Morgan fingerprint density at radius 1 is 1.50 bits per heavy atom. The number of rotatable bonds is 2. The maximum atomic E-state index is 12.1. The SMILES string of the molecule is CC(C)(C)OC(=O)N1CCCC(Nc2cccc(C#N)n2)C1. The van der Waals surface area contributed by atoms with Crippen molar-refractivity contribution in [2.75, 3.05) is 18.4 Å². The summed E-state index contributed by atoms with van der Waals surface area (Å²) in [6.07, 6.45) is 1.59. The van der Waals surface area contributed by atoms with Crippen molar-refractivity contribution < 1.29 is 9.53 Å². The topological polar surface area (TPSA) is 78.2 Å². The Bertz CT molecular complexity index is 574. The molecule has 1 aromatic rings. The number of piperidine rings is 1. The Morgan fingerprint density at radius 3 is 2.95 bits per heavy atom. The van der Waals surface area contributed by atoms with E-state index in [2.05, 4.69) is 10.3 Å². The number of hydrogen-bond donors (Lipinski definition) is 1. The first-order chi connectivity index (χ1) is 10.4. The van der Waals surface area contributed by atoms with Crippen molar-refractivity contribution >= 4 is 11.9 Å². The molecule has 1 atom stereocenters. The summed E-state index contributed by atoms with van der Waals surface area (Å²) >= 11 is 0. The van der Waals surface area contributed by atoms with Gasteiger partial charge in [-0.2, -0.15) is 5.26 Å². The highest BCUT2D eigenvalue weighted by molar-refractivity contribution is 5.68. The number of carbonyl (C=O) groups is 1. The number of amides is 1. The molecule has 1 fully saturated rings. The number of nitrogens with one attached hydrogen (secondary N) is 1. The number of anilines is 1. The van der Waals surface area contributed by atoms with Gasteiger partial charge in [0, 0.05) is 19.1 Å². The van der Waals surface area contributed by atoms with Crippen molar-refractivity contribution in [3.05, 3.63) is 23.9 Å². The summed E-state index contributed by atoms with van der Waals surface area (Å²) in [5.74, 6) is 0.662. The van der Waals surface area contributed by atoms with E-state index >= 15 is 0 Å². The molecule has 0 bridgehead atoms. The molecule has 2 heterocycles. The van der Waals surface area contributed by atoms with E-state index in [-0.39, 0.29) is 12.1 Å². The highest BCUT2D eigenvalue weighted by atomic mass is 16.6. The zero-order chi connectivity index (χ0) is 16.2. The van der Waals surface area contributed by atoms with Crippen LogP contribution in [0.1, 0.15) is 39.3 Å². The molecule has 1 aromatic heterocycles. The first kappa shape index (κ1) is 16.1. The van der Waals surface area contributed by atoms with E-state index in [1.165, 1.54) is 0 Å². The first-order valence-electron chi connectivity index (χ1n) is 7.49. The predicted octanol–water partition coefficient (Wildman–Crippen LogP) is 2.76. The zero-order valence-electron chi connectivity index (χ0n) is 13.3. The fourth-order valence-electron chi connectivity index (χ4n) is 2.37. The Balaban J connectivity index is 1.96. The summed E-state index contributed by atoms with van der Waals surface area (Å²) in [6.45, 7) is 6.87. The third kappa shape index (κ3) is 4.62. The smallest absolute Gasteiger partial charge is 0.410 e. The highest BCUT2D eigenvalue weighted by Crippen LogP contribution is 2.18. The summed E-state index contributed by atoms with van der Waals surface area (Å²) in [5, 5.41) is 12.2.